The van der Waals surface area contributed by atoms with Crippen LogP contribution in [0.5, 0.6) is 11.6 Å². The minimum atomic E-state index is -0.403. The number of halogens is 1. The second kappa shape index (κ2) is 10.8. The monoisotopic (exact) mass is 489 g/mol. The van der Waals surface area contributed by atoms with Gasteiger partial charge in [-0.25, -0.2) is 9.37 Å². The first-order chi connectivity index (χ1) is 16.9. The van der Waals surface area contributed by atoms with E-state index in [1.165, 1.54) is 17.8 Å². The number of nitrogens with zero attached hydrogens (tertiary/aromatic N) is 3. The highest BCUT2D eigenvalue weighted by Crippen LogP contribution is 2.48. The quantitative estimate of drug-likeness (QED) is 0.271. The topological polar surface area (TPSA) is 69.5 Å². The van der Waals surface area contributed by atoms with Crippen LogP contribution in [0.1, 0.15) is 31.0 Å². The lowest BCUT2D eigenvalue weighted by atomic mass is 10.0. The van der Waals surface area contributed by atoms with Crippen molar-refractivity contribution in [2.24, 2.45) is 0 Å². The van der Waals surface area contributed by atoms with Gasteiger partial charge in [0, 0.05) is 24.3 Å². The largest absolute Gasteiger partial charge is 0.504 e. The van der Waals surface area contributed by atoms with Gasteiger partial charge in [-0.2, -0.15) is 0 Å². The van der Waals surface area contributed by atoms with E-state index in [0.29, 0.717) is 23.5 Å². The third-order valence-electron chi connectivity index (χ3n) is 5.88. The normalized spacial score (nSPS) is 11.0. The molecule has 4 aromatic rings. The van der Waals surface area contributed by atoms with Crippen LogP contribution in [0.4, 0.5) is 15.8 Å². The van der Waals surface area contributed by atoms with Crippen molar-refractivity contribution in [2.45, 2.75) is 42.9 Å². The minimum absolute atomic E-state index is 0.117. The highest BCUT2D eigenvalue weighted by molar-refractivity contribution is 7.99. The Morgan fingerprint density at radius 2 is 1.77 bits per heavy atom. The number of unbranched alkanes of at least 4 members (excludes halogenated alkanes) is 1. The van der Waals surface area contributed by atoms with Crippen molar-refractivity contribution >= 4 is 23.1 Å². The molecule has 4 rings (SSSR count). The second-order valence-corrected chi connectivity index (χ2v) is 9.42. The first-order valence-electron chi connectivity index (χ1n) is 11.5. The van der Waals surface area contributed by atoms with Crippen LogP contribution in [0.3, 0.4) is 0 Å². The van der Waals surface area contributed by atoms with Gasteiger partial charge in [-0.05, 0) is 66.8 Å². The number of para-hydroxylation sites is 1. The number of aryl methyl sites for hydroxylation is 2. The molecule has 180 valence electrons. The van der Waals surface area contributed by atoms with Gasteiger partial charge in [-0.15, -0.1) is 0 Å². The van der Waals surface area contributed by atoms with E-state index in [1.807, 2.05) is 43.5 Å². The Morgan fingerprint density at radius 1 is 1.03 bits per heavy atom. The Labute approximate surface area is 209 Å². The molecule has 2 N–H and O–H groups in total. The molecule has 0 amide bonds. The number of hydrogen-bond acceptors (Lipinski definition) is 6. The molecular formula is C28H28FN3O2S. The van der Waals surface area contributed by atoms with Crippen molar-refractivity contribution in [3.05, 3.63) is 84.1 Å². The number of anilines is 2. The second-order valence-electron chi connectivity index (χ2n) is 8.34. The van der Waals surface area contributed by atoms with Crippen molar-refractivity contribution < 1.29 is 14.6 Å². The summed E-state index contributed by atoms with van der Waals surface area (Å²) in [6.07, 6.45) is 5.89. The summed E-state index contributed by atoms with van der Waals surface area (Å²) in [6.45, 7) is 4.07. The molecule has 0 saturated carbocycles. The van der Waals surface area contributed by atoms with Crippen LogP contribution in [-0.4, -0.2) is 27.2 Å². The predicted octanol–water partition coefficient (Wildman–Crippen LogP) is 7.26. The van der Waals surface area contributed by atoms with E-state index in [2.05, 4.69) is 16.9 Å². The smallest absolute Gasteiger partial charge is 0.229 e. The Kier molecular flexibility index (Phi) is 7.56. The van der Waals surface area contributed by atoms with E-state index < -0.39 is 5.82 Å². The maximum absolute atomic E-state index is 14.6. The molecule has 35 heavy (non-hydrogen) atoms. The molecule has 0 unspecified atom stereocenters. The van der Waals surface area contributed by atoms with Gasteiger partial charge in [-0.3, -0.25) is 4.98 Å². The van der Waals surface area contributed by atoms with E-state index in [9.17, 15) is 14.6 Å². The zero-order valence-electron chi connectivity index (χ0n) is 20.0. The molecule has 0 aliphatic heterocycles. The summed E-state index contributed by atoms with van der Waals surface area (Å²) in [5, 5.41) is 22.1. The van der Waals surface area contributed by atoms with Crippen LogP contribution in [0.15, 0.2) is 76.8 Å². The Hall–Kier alpha value is -3.58. The Morgan fingerprint density at radius 3 is 2.46 bits per heavy atom. The van der Waals surface area contributed by atoms with Gasteiger partial charge >= 0.3 is 0 Å². The highest BCUT2D eigenvalue weighted by Gasteiger charge is 2.24. The van der Waals surface area contributed by atoms with Crippen molar-refractivity contribution in [3.63, 3.8) is 0 Å². The van der Waals surface area contributed by atoms with Crippen molar-refractivity contribution in [1.29, 1.82) is 0 Å². The zero-order valence-corrected chi connectivity index (χ0v) is 20.8. The first kappa shape index (κ1) is 24.5. The molecule has 0 atom stereocenters. The van der Waals surface area contributed by atoms with E-state index in [-0.39, 0.29) is 16.5 Å². The lowest BCUT2D eigenvalue weighted by Gasteiger charge is -2.25. The van der Waals surface area contributed by atoms with Crippen LogP contribution in [0.2, 0.25) is 0 Å². The fraction of sp³-hybridized carbons (Fsp3) is 0.214. The molecule has 0 aliphatic carbocycles. The molecule has 7 heteroatoms. The van der Waals surface area contributed by atoms with Crippen LogP contribution < -0.4 is 4.90 Å². The average Bonchev–Trinajstić information content (AvgIpc) is 2.86. The molecular weight excluding hydrogens is 461 g/mol. The van der Waals surface area contributed by atoms with Gasteiger partial charge in [-0.1, -0.05) is 49.4 Å². The zero-order chi connectivity index (χ0) is 24.9. The van der Waals surface area contributed by atoms with Crippen molar-refractivity contribution in [2.75, 3.05) is 11.9 Å². The van der Waals surface area contributed by atoms with E-state index in [1.54, 1.807) is 36.3 Å². The van der Waals surface area contributed by atoms with E-state index in [0.717, 1.165) is 34.4 Å². The SMILES string of the molecule is CCCCc1nc(O)c(Sc2ccc(-c3ccncc3C)cc2)c(O)c1N(C)c1ccccc1F. The summed E-state index contributed by atoms with van der Waals surface area (Å²) in [7, 11) is 1.70. The number of aromatic hydroxyl groups is 2. The number of pyridine rings is 2. The summed E-state index contributed by atoms with van der Waals surface area (Å²) in [5.41, 5.74) is 4.47. The van der Waals surface area contributed by atoms with Crippen molar-refractivity contribution in [1.82, 2.24) is 9.97 Å². The third kappa shape index (κ3) is 5.25. The van der Waals surface area contributed by atoms with Crippen molar-refractivity contribution in [3.8, 4) is 22.8 Å². The predicted molar refractivity (Wildman–Crippen MR) is 139 cm³/mol. The van der Waals surface area contributed by atoms with Gasteiger partial charge < -0.3 is 15.1 Å². The molecule has 2 aromatic heterocycles. The fourth-order valence-corrected chi connectivity index (χ4v) is 4.85. The molecule has 5 nitrogen and oxygen atoms in total. The van der Waals surface area contributed by atoms with Gasteiger partial charge in [0.2, 0.25) is 5.88 Å². The van der Waals surface area contributed by atoms with Gasteiger partial charge in [0.25, 0.3) is 0 Å². The molecule has 0 radical (unpaired) electrons. The summed E-state index contributed by atoms with van der Waals surface area (Å²) in [4.78, 5) is 11.2. The molecule has 2 aromatic carbocycles. The maximum atomic E-state index is 14.6. The van der Waals surface area contributed by atoms with Crippen LogP contribution in [0, 0.1) is 12.7 Å². The standard InChI is InChI=1S/C28H28FN3O2S/c1-4-5-9-23-25(32(3)24-10-7-6-8-22(24)29)26(33)27(28(34)31-23)35-20-13-11-19(12-14-20)21-15-16-30-17-18(21)2/h6-8,10-17H,4-5,9H2,1-3H3,(H2,31,33,34). The fourth-order valence-electron chi connectivity index (χ4n) is 4.01. The van der Waals surface area contributed by atoms with E-state index >= 15 is 0 Å². The summed E-state index contributed by atoms with van der Waals surface area (Å²) in [6, 6.07) is 16.2. The van der Waals surface area contributed by atoms with Crippen LogP contribution >= 0.6 is 11.8 Å². The lowest BCUT2D eigenvalue weighted by Crippen LogP contribution is -2.15. The number of aromatic nitrogens is 2. The number of hydrogen-bond donors (Lipinski definition) is 2. The van der Waals surface area contributed by atoms with Gasteiger partial charge in [0.1, 0.15) is 16.4 Å². The highest BCUT2D eigenvalue weighted by atomic mass is 32.2. The van der Waals surface area contributed by atoms with Crippen LogP contribution in [-0.2, 0) is 6.42 Å². The number of rotatable bonds is 8. The third-order valence-corrected chi connectivity index (χ3v) is 6.97. The molecule has 0 spiro atoms. The first-order valence-corrected chi connectivity index (χ1v) is 12.3. The molecule has 2 heterocycles. The average molecular weight is 490 g/mol. The molecule has 0 fully saturated rings. The Balaban J connectivity index is 1.72. The summed E-state index contributed by atoms with van der Waals surface area (Å²) < 4.78 is 14.6. The minimum Gasteiger partial charge on any atom is -0.504 e. The molecule has 0 saturated heterocycles. The molecule has 0 bridgehead atoms. The van der Waals surface area contributed by atoms with E-state index in [4.69, 9.17) is 0 Å². The Bertz CT molecular complexity index is 1330. The maximum Gasteiger partial charge on any atom is 0.229 e. The van der Waals surface area contributed by atoms with Gasteiger partial charge in [0.15, 0.2) is 5.75 Å². The lowest BCUT2D eigenvalue weighted by molar-refractivity contribution is 0.410. The summed E-state index contributed by atoms with van der Waals surface area (Å²) in [5.74, 6) is -0.758. The van der Waals surface area contributed by atoms with Crippen LogP contribution in [0.25, 0.3) is 11.1 Å². The summed E-state index contributed by atoms with van der Waals surface area (Å²) >= 11 is 1.22. The molecule has 0 aliphatic rings. The van der Waals surface area contributed by atoms with Gasteiger partial charge in [0.05, 0.1) is 11.4 Å². The number of benzene rings is 2.